The van der Waals surface area contributed by atoms with E-state index < -0.39 is 11.7 Å². The van der Waals surface area contributed by atoms with Crippen molar-refractivity contribution in [3.63, 3.8) is 0 Å². The lowest BCUT2D eigenvalue weighted by atomic mass is 10.2. The van der Waals surface area contributed by atoms with E-state index in [1.807, 2.05) is 44.4 Å². The van der Waals surface area contributed by atoms with Crippen molar-refractivity contribution in [2.45, 2.75) is 113 Å². The van der Waals surface area contributed by atoms with Gasteiger partial charge >= 0.3 is 0 Å². The van der Waals surface area contributed by atoms with E-state index in [4.69, 9.17) is 15.3 Å². The van der Waals surface area contributed by atoms with Crippen LogP contribution in [0, 0.1) is 5.82 Å². The van der Waals surface area contributed by atoms with Crippen LogP contribution in [0.4, 0.5) is 21.5 Å². The number of rotatable bonds is 15. The number of anilines is 3. The highest BCUT2D eigenvalue weighted by atomic mass is 35.5. The van der Waals surface area contributed by atoms with Gasteiger partial charge in [-0.05, 0) is 162 Å². The number of carbonyl (C=O) groups excluding carboxylic acids is 3. The largest absolute Gasteiger partial charge is 0.321 e. The van der Waals surface area contributed by atoms with Gasteiger partial charge in [-0.25, -0.2) is 33.4 Å². The first kappa shape index (κ1) is 59.6. The SMILES string of the molecule is Cl.Cl.Cl.Cl.O=C(Nc1ccc(-n2nc(C3CC3)cc2C2CC2)nc1)c1cccnc1.O=C(Nc1ccc(-n2nc(C3CC3)cc2C2CC2)nc1)c1ccncc1.O=C(Nc1ccc(-n2nc(C3CC3)cc2C2CC2)nc1)c1ccncc1F. The molecule has 428 valence electrons. The van der Waals surface area contributed by atoms with Crippen LogP contribution in [0.5, 0.6) is 0 Å². The van der Waals surface area contributed by atoms with Gasteiger partial charge in [0.2, 0.25) is 0 Å². The van der Waals surface area contributed by atoms with Crippen molar-refractivity contribution in [1.82, 2.24) is 59.2 Å². The number of amides is 3. The van der Waals surface area contributed by atoms with Crippen molar-refractivity contribution < 1.29 is 18.8 Å². The van der Waals surface area contributed by atoms with Gasteiger partial charge in [-0.2, -0.15) is 15.3 Å². The molecule has 9 aromatic heterocycles. The smallest absolute Gasteiger partial charge is 0.258 e. The first-order chi connectivity index (χ1) is 38.7. The predicted molar refractivity (Wildman–Crippen MR) is 321 cm³/mol. The number of nitrogens with zero attached hydrogens (tertiary/aromatic N) is 12. The van der Waals surface area contributed by atoms with Crippen molar-refractivity contribution >= 4 is 84.4 Å². The van der Waals surface area contributed by atoms with E-state index in [-0.39, 0.29) is 67.0 Å². The molecule has 18 nitrogen and oxygen atoms in total. The fourth-order valence-corrected chi connectivity index (χ4v) is 9.46. The minimum atomic E-state index is -0.655. The fraction of sp³-hybridized carbons (Fsp3) is 0.300. The molecule has 6 aliphatic rings. The number of carbonyl (C=O) groups is 3. The number of nitrogens with one attached hydrogen (secondary N) is 3. The maximum atomic E-state index is 13.7. The highest BCUT2D eigenvalue weighted by molar-refractivity contribution is 6.05. The molecular weight excluding hydrogens is 1140 g/mol. The molecule has 9 aromatic rings. The zero-order valence-corrected chi connectivity index (χ0v) is 48.1. The van der Waals surface area contributed by atoms with Gasteiger partial charge in [-0.1, -0.05) is 0 Å². The van der Waals surface area contributed by atoms with Gasteiger partial charge in [0.15, 0.2) is 23.3 Å². The third-order valence-corrected chi connectivity index (χ3v) is 14.8. The maximum Gasteiger partial charge on any atom is 0.258 e. The number of pyridine rings is 6. The van der Waals surface area contributed by atoms with E-state index in [2.05, 4.69) is 64.1 Å². The Bertz CT molecular complexity index is 3520. The van der Waals surface area contributed by atoms with E-state index in [1.165, 1.54) is 118 Å². The quantitative estimate of drug-likeness (QED) is 0.0873. The number of aromatic nitrogens is 12. The second-order valence-electron chi connectivity index (χ2n) is 21.3. The fourth-order valence-electron chi connectivity index (χ4n) is 9.46. The van der Waals surface area contributed by atoms with E-state index in [0.29, 0.717) is 63.7 Å². The summed E-state index contributed by atoms with van der Waals surface area (Å²) in [7, 11) is 0. The van der Waals surface area contributed by atoms with Crippen LogP contribution in [0.25, 0.3) is 17.5 Å². The van der Waals surface area contributed by atoms with E-state index >= 15 is 0 Å². The molecule has 3 N–H and O–H groups in total. The van der Waals surface area contributed by atoms with Crippen LogP contribution < -0.4 is 16.0 Å². The summed E-state index contributed by atoms with van der Waals surface area (Å²) in [6.07, 6.45) is 28.4. The number of hydrogen-bond donors (Lipinski definition) is 3. The van der Waals surface area contributed by atoms with Crippen LogP contribution >= 0.6 is 49.6 Å². The molecule has 0 atom stereocenters. The average molecular weight is 1200 g/mol. The molecule has 9 heterocycles. The average Bonchev–Trinajstić information content (AvgIpc) is 3.57. The molecule has 6 fully saturated rings. The molecule has 0 aromatic carbocycles. The predicted octanol–water partition coefficient (Wildman–Crippen LogP) is 12.8. The minimum Gasteiger partial charge on any atom is -0.321 e. The molecule has 0 saturated heterocycles. The van der Waals surface area contributed by atoms with Gasteiger partial charge in [-0.3, -0.25) is 29.3 Å². The topological polar surface area (TPSA) is 218 Å². The Morgan fingerprint density at radius 2 is 0.771 bits per heavy atom. The standard InChI is InChI=1S/C20H18FN5O.2C20H19N5O.4ClH/c21-16-11-22-8-7-15(16)20(27)24-14-5-6-19(23-10-14)26-18(13-3-4-13)9-17(25-26)12-1-2-12;26-20(15-7-9-21-10-8-15)23-16-5-6-19(22-12-16)25-18(14-3-4-14)11-17(24-25)13-1-2-13;26-20(15-2-1-9-21-11-15)23-16-7-8-19(22-12-16)25-18(14-5-6-14)10-17(24-25)13-3-4-13;;;;/h5-13H,1-4H2,(H,24,27);5-14H,1-4H2,(H,23,26);1-2,7-14H,3-6H2,(H,23,26);4*1H. The Kier molecular flexibility index (Phi) is 18.7. The summed E-state index contributed by atoms with van der Waals surface area (Å²) in [5.74, 6) is 4.45. The maximum absolute atomic E-state index is 13.7. The second-order valence-corrected chi connectivity index (χ2v) is 21.3. The van der Waals surface area contributed by atoms with Gasteiger partial charge in [0, 0.05) is 89.1 Å². The summed E-state index contributed by atoms with van der Waals surface area (Å²) in [6.45, 7) is 0. The third-order valence-electron chi connectivity index (χ3n) is 14.8. The number of hydrogen-bond acceptors (Lipinski definition) is 12. The molecule has 0 radical (unpaired) electrons. The lowest BCUT2D eigenvalue weighted by molar-refractivity contribution is 0.101. The summed E-state index contributed by atoms with van der Waals surface area (Å²) < 4.78 is 19.6. The molecular formula is C60H60Cl4FN15O3. The lowest BCUT2D eigenvalue weighted by Gasteiger charge is -2.08. The molecule has 3 amide bonds. The van der Waals surface area contributed by atoms with Crippen LogP contribution in [0.2, 0.25) is 0 Å². The van der Waals surface area contributed by atoms with Crippen molar-refractivity contribution in [2.24, 2.45) is 0 Å². The van der Waals surface area contributed by atoms with Crippen LogP contribution in [0.15, 0.2) is 141 Å². The Labute approximate surface area is 503 Å². The first-order valence-electron chi connectivity index (χ1n) is 27.3. The van der Waals surface area contributed by atoms with Gasteiger partial charge in [0.05, 0.1) is 70.1 Å². The zero-order valence-electron chi connectivity index (χ0n) is 44.8. The minimum absolute atomic E-state index is 0. The Morgan fingerprint density at radius 3 is 1.12 bits per heavy atom. The van der Waals surface area contributed by atoms with Gasteiger partial charge in [-0.15, -0.1) is 49.6 Å². The van der Waals surface area contributed by atoms with Crippen molar-refractivity contribution in [2.75, 3.05) is 16.0 Å². The summed E-state index contributed by atoms with van der Waals surface area (Å²) in [4.78, 5) is 61.7. The lowest BCUT2D eigenvalue weighted by Crippen LogP contribution is -2.14. The highest BCUT2D eigenvalue weighted by Gasteiger charge is 2.36. The van der Waals surface area contributed by atoms with Crippen LogP contribution in [0.3, 0.4) is 0 Å². The van der Waals surface area contributed by atoms with Crippen molar-refractivity contribution in [3.8, 4) is 17.5 Å². The molecule has 0 spiro atoms. The molecule has 6 aliphatic carbocycles. The van der Waals surface area contributed by atoms with E-state index in [0.717, 1.165) is 29.3 Å². The second kappa shape index (κ2) is 26.1. The van der Waals surface area contributed by atoms with Crippen LogP contribution in [-0.2, 0) is 0 Å². The highest BCUT2D eigenvalue weighted by Crippen LogP contribution is 2.48. The zero-order chi connectivity index (χ0) is 53.4. The normalized spacial score (nSPS) is 15.6. The molecule has 6 saturated carbocycles. The first-order valence-corrected chi connectivity index (χ1v) is 27.3. The Hall–Kier alpha value is -7.97. The summed E-state index contributed by atoms with van der Waals surface area (Å²) in [6, 6.07) is 26.1. The van der Waals surface area contributed by atoms with Crippen molar-refractivity contribution in [3.05, 3.63) is 197 Å². The van der Waals surface area contributed by atoms with Gasteiger partial charge in [0.1, 0.15) is 0 Å². The molecule has 0 aliphatic heterocycles. The summed E-state index contributed by atoms with van der Waals surface area (Å²) in [5, 5.41) is 22.7. The number of halogens is 5. The van der Waals surface area contributed by atoms with Gasteiger partial charge < -0.3 is 16.0 Å². The van der Waals surface area contributed by atoms with Crippen LogP contribution in [-0.4, -0.2) is 77.0 Å². The monoisotopic (exact) mass is 1200 g/mol. The summed E-state index contributed by atoms with van der Waals surface area (Å²) in [5.41, 5.74) is 10.2. The molecule has 15 rings (SSSR count). The molecule has 0 unspecified atom stereocenters. The Morgan fingerprint density at radius 1 is 0.398 bits per heavy atom. The third kappa shape index (κ3) is 14.5. The molecule has 23 heteroatoms. The van der Waals surface area contributed by atoms with Gasteiger partial charge in [0.25, 0.3) is 17.7 Å². The molecule has 0 bridgehead atoms. The van der Waals surface area contributed by atoms with Crippen LogP contribution in [0.1, 0.15) is 178 Å². The van der Waals surface area contributed by atoms with E-state index in [9.17, 15) is 18.8 Å². The summed E-state index contributed by atoms with van der Waals surface area (Å²) >= 11 is 0. The molecule has 83 heavy (non-hydrogen) atoms. The van der Waals surface area contributed by atoms with Crippen molar-refractivity contribution in [1.29, 1.82) is 0 Å². The Balaban J connectivity index is 0.000000146. The van der Waals surface area contributed by atoms with E-state index in [1.54, 1.807) is 73.7 Å².